The van der Waals surface area contributed by atoms with Crippen LogP contribution < -0.4 is 5.32 Å². The summed E-state index contributed by atoms with van der Waals surface area (Å²) in [7, 11) is 0. The van der Waals surface area contributed by atoms with E-state index in [0.717, 1.165) is 45.1 Å². The first-order valence-electron chi connectivity index (χ1n) is 8.28. The van der Waals surface area contributed by atoms with Crippen LogP contribution in [0.3, 0.4) is 0 Å². The molecule has 0 unspecified atom stereocenters. The molecule has 2 rings (SSSR count). The fraction of sp³-hybridized carbons (Fsp3) is 0.875. The van der Waals surface area contributed by atoms with Gasteiger partial charge >= 0.3 is 5.97 Å². The van der Waals surface area contributed by atoms with Crippen LogP contribution >= 0.6 is 0 Å². The zero-order valence-corrected chi connectivity index (χ0v) is 12.9. The van der Waals surface area contributed by atoms with Crippen molar-refractivity contribution in [3.8, 4) is 0 Å². The number of hydrogen-bond donors (Lipinski definition) is 1. The number of amides is 1. The summed E-state index contributed by atoms with van der Waals surface area (Å²) < 4.78 is 10.6. The molecule has 120 valence electrons. The van der Waals surface area contributed by atoms with Crippen LogP contribution in [0.25, 0.3) is 0 Å². The Kier molecular flexibility index (Phi) is 6.49. The van der Waals surface area contributed by atoms with Gasteiger partial charge in [-0.3, -0.25) is 9.59 Å². The molecule has 1 aliphatic carbocycles. The third kappa shape index (κ3) is 4.70. The first-order valence-corrected chi connectivity index (χ1v) is 8.28. The highest BCUT2D eigenvalue weighted by atomic mass is 16.5. The maximum atomic E-state index is 12.4. The van der Waals surface area contributed by atoms with Gasteiger partial charge in [0.05, 0.1) is 12.7 Å². The summed E-state index contributed by atoms with van der Waals surface area (Å²) in [4.78, 5) is 24.6. The molecule has 1 saturated carbocycles. The molecule has 1 amide bonds. The minimum absolute atomic E-state index is 0.100. The monoisotopic (exact) mass is 297 g/mol. The van der Waals surface area contributed by atoms with Gasteiger partial charge in [0.2, 0.25) is 5.91 Å². The van der Waals surface area contributed by atoms with Gasteiger partial charge in [0.25, 0.3) is 0 Å². The van der Waals surface area contributed by atoms with Crippen LogP contribution in [0.15, 0.2) is 0 Å². The molecule has 2 atom stereocenters. The summed E-state index contributed by atoms with van der Waals surface area (Å²) in [5.74, 6) is -1.07. The minimum Gasteiger partial charge on any atom is -0.465 e. The molecular formula is C16H27NO4. The van der Waals surface area contributed by atoms with Gasteiger partial charge in [-0.15, -0.1) is 0 Å². The summed E-state index contributed by atoms with van der Waals surface area (Å²) in [5.41, 5.74) is 0. The lowest BCUT2D eigenvalue weighted by Gasteiger charge is -2.28. The highest BCUT2D eigenvalue weighted by Gasteiger charge is 2.36. The van der Waals surface area contributed by atoms with Crippen molar-refractivity contribution in [1.82, 2.24) is 5.32 Å². The predicted octanol–water partition coefficient (Wildman–Crippen LogP) is 2.04. The Labute approximate surface area is 126 Å². The molecule has 0 aromatic carbocycles. The average molecular weight is 297 g/mol. The van der Waals surface area contributed by atoms with E-state index in [2.05, 4.69) is 5.32 Å². The van der Waals surface area contributed by atoms with E-state index in [1.165, 1.54) is 6.42 Å². The van der Waals surface area contributed by atoms with E-state index in [9.17, 15) is 9.59 Å². The van der Waals surface area contributed by atoms with E-state index in [1.807, 2.05) is 0 Å². The fourth-order valence-electron chi connectivity index (χ4n) is 3.34. The first kappa shape index (κ1) is 16.3. The van der Waals surface area contributed by atoms with Crippen LogP contribution in [0, 0.1) is 11.8 Å². The van der Waals surface area contributed by atoms with Gasteiger partial charge < -0.3 is 14.8 Å². The zero-order valence-electron chi connectivity index (χ0n) is 12.9. The second kappa shape index (κ2) is 8.37. The number of ether oxygens (including phenoxy) is 2. The molecule has 0 bridgehead atoms. The van der Waals surface area contributed by atoms with Crippen molar-refractivity contribution in [1.29, 1.82) is 0 Å². The summed E-state index contributed by atoms with van der Waals surface area (Å²) in [5, 5.41) is 2.90. The van der Waals surface area contributed by atoms with E-state index in [-0.39, 0.29) is 23.9 Å². The van der Waals surface area contributed by atoms with Crippen molar-refractivity contribution in [2.24, 2.45) is 11.8 Å². The van der Waals surface area contributed by atoms with Crippen LogP contribution in [0.4, 0.5) is 0 Å². The predicted molar refractivity (Wildman–Crippen MR) is 78.7 cm³/mol. The van der Waals surface area contributed by atoms with E-state index < -0.39 is 5.92 Å². The number of rotatable bonds is 6. The summed E-state index contributed by atoms with van der Waals surface area (Å²) in [6.45, 7) is 3.37. The number of hydrogen-bond acceptors (Lipinski definition) is 4. The lowest BCUT2D eigenvalue weighted by Crippen LogP contribution is -2.43. The normalized spacial score (nSPS) is 24.5. The summed E-state index contributed by atoms with van der Waals surface area (Å²) >= 11 is 0. The molecule has 5 nitrogen and oxygen atoms in total. The maximum absolute atomic E-state index is 12.4. The van der Waals surface area contributed by atoms with Crippen molar-refractivity contribution in [2.45, 2.75) is 58.0 Å². The minimum atomic E-state index is -0.647. The molecule has 1 N–H and O–H groups in total. The Balaban J connectivity index is 1.92. The van der Waals surface area contributed by atoms with Crippen LogP contribution in [0.2, 0.25) is 0 Å². The Morgan fingerprint density at radius 1 is 1.19 bits per heavy atom. The Bertz CT molecular complexity index is 346. The highest BCUT2D eigenvalue weighted by Crippen LogP contribution is 2.31. The zero-order chi connectivity index (χ0) is 15.1. The molecule has 0 radical (unpaired) electrons. The molecule has 2 fully saturated rings. The van der Waals surface area contributed by atoms with Gasteiger partial charge in [0.1, 0.15) is 5.92 Å². The Morgan fingerprint density at radius 2 is 1.95 bits per heavy atom. The lowest BCUT2D eigenvalue weighted by molar-refractivity contribution is -0.155. The van der Waals surface area contributed by atoms with Crippen molar-refractivity contribution in [3.63, 3.8) is 0 Å². The van der Waals surface area contributed by atoms with Crippen molar-refractivity contribution in [2.75, 3.05) is 19.8 Å². The smallest absolute Gasteiger partial charge is 0.318 e. The molecule has 0 aromatic heterocycles. The summed E-state index contributed by atoms with van der Waals surface area (Å²) in [6, 6.07) is 0. The second-order valence-corrected chi connectivity index (χ2v) is 6.01. The lowest BCUT2D eigenvalue weighted by atomic mass is 9.79. The SMILES string of the molecule is CCOC(=O)[C@@H](C(=O)NC[C@@H]1CCCO1)C1CCCCC1. The van der Waals surface area contributed by atoms with E-state index in [1.54, 1.807) is 6.92 Å². The van der Waals surface area contributed by atoms with Gasteiger partial charge in [-0.2, -0.15) is 0 Å². The van der Waals surface area contributed by atoms with Gasteiger partial charge in [-0.25, -0.2) is 0 Å². The molecule has 0 spiro atoms. The standard InChI is InChI=1S/C16H27NO4/c1-2-20-16(19)14(12-7-4-3-5-8-12)15(18)17-11-13-9-6-10-21-13/h12-14H,2-11H2,1H3,(H,17,18)/t13-,14+/m0/s1. The van der Waals surface area contributed by atoms with Crippen LogP contribution in [0.1, 0.15) is 51.9 Å². The van der Waals surface area contributed by atoms with Gasteiger partial charge in [-0.1, -0.05) is 19.3 Å². The molecule has 1 aliphatic heterocycles. The van der Waals surface area contributed by atoms with E-state index in [0.29, 0.717) is 13.2 Å². The van der Waals surface area contributed by atoms with E-state index >= 15 is 0 Å². The van der Waals surface area contributed by atoms with Crippen LogP contribution in [-0.2, 0) is 19.1 Å². The quantitative estimate of drug-likeness (QED) is 0.602. The molecule has 0 aromatic rings. The Morgan fingerprint density at radius 3 is 2.57 bits per heavy atom. The average Bonchev–Trinajstić information content (AvgIpc) is 3.00. The van der Waals surface area contributed by atoms with Gasteiger partial charge in [0.15, 0.2) is 0 Å². The molecule has 5 heteroatoms. The number of carbonyl (C=O) groups is 2. The summed E-state index contributed by atoms with van der Waals surface area (Å²) in [6.07, 6.45) is 7.40. The third-order valence-corrected chi connectivity index (χ3v) is 4.47. The van der Waals surface area contributed by atoms with Crippen LogP contribution in [0.5, 0.6) is 0 Å². The fourth-order valence-corrected chi connectivity index (χ4v) is 3.34. The maximum Gasteiger partial charge on any atom is 0.318 e. The van der Waals surface area contributed by atoms with Crippen LogP contribution in [-0.4, -0.2) is 37.7 Å². The topological polar surface area (TPSA) is 64.6 Å². The number of nitrogens with one attached hydrogen (secondary N) is 1. The third-order valence-electron chi connectivity index (χ3n) is 4.47. The number of esters is 1. The largest absolute Gasteiger partial charge is 0.465 e. The van der Waals surface area contributed by atoms with Crippen molar-refractivity contribution in [3.05, 3.63) is 0 Å². The van der Waals surface area contributed by atoms with Crippen molar-refractivity contribution < 1.29 is 19.1 Å². The second-order valence-electron chi connectivity index (χ2n) is 6.01. The molecule has 1 heterocycles. The molecule has 21 heavy (non-hydrogen) atoms. The number of carbonyl (C=O) groups excluding carboxylic acids is 2. The highest BCUT2D eigenvalue weighted by molar-refractivity contribution is 5.98. The molecular weight excluding hydrogens is 270 g/mol. The Hall–Kier alpha value is -1.10. The van der Waals surface area contributed by atoms with Gasteiger partial charge in [0, 0.05) is 13.2 Å². The van der Waals surface area contributed by atoms with Gasteiger partial charge in [-0.05, 0) is 38.5 Å². The molecule has 1 saturated heterocycles. The first-order chi connectivity index (χ1) is 10.2. The van der Waals surface area contributed by atoms with E-state index in [4.69, 9.17) is 9.47 Å². The molecule has 2 aliphatic rings. The van der Waals surface area contributed by atoms with Crippen molar-refractivity contribution >= 4 is 11.9 Å².